The highest BCUT2D eigenvalue weighted by Crippen LogP contribution is 2.34. The van der Waals surface area contributed by atoms with Gasteiger partial charge in [0.15, 0.2) is 5.13 Å². The number of thiazole rings is 1. The van der Waals surface area contributed by atoms with Crippen LogP contribution in [0.5, 0.6) is 0 Å². The fraction of sp³-hybridized carbons (Fsp3) is 0.478. The first-order chi connectivity index (χ1) is 15.8. The maximum Gasteiger partial charge on any atom is 0.253 e. The Morgan fingerprint density at radius 2 is 2.00 bits per heavy atom. The molecule has 1 saturated heterocycles. The maximum atomic E-state index is 13.9. The average molecular weight is 507 g/mol. The number of hydrogen-bond acceptors (Lipinski definition) is 7. The number of nitrogens with zero attached hydrogens (tertiary/aromatic N) is 4. The van der Waals surface area contributed by atoms with Crippen molar-refractivity contribution in [1.82, 2.24) is 14.2 Å². The van der Waals surface area contributed by atoms with Gasteiger partial charge in [-0.05, 0) is 56.4 Å². The Labute approximate surface area is 203 Å². The van der Waals surface area contributed by atoms with E-state index in [2.05, 4.69) is 13.0 Å². The molecule has 0 saturated carbocycles. The van der Waals surface area contributed by atoms with Crippen LogP contribution in [0.25, 0.3) is 10.2 Å². The summed E-state index contributed by atoms with van der Waals surface area (Å²) in [5.74, 6) is -0.186. The Kier molecular flexibility index (Phi) is 7.49. The van der Waals surface area contributed by atoms with Gasteiger partial charge < -0.3 is 4.90 Å². The van der Waals surface area contributed by atoms with Crippen molar-refractivity contribution in [3.8, 4) is 0 Å². The Balaban J connectivity index is 1.71. The van der Waals surface area contributed by atoms with Gasteiger partial charge in [-0.25, -0.2) is 13.4 Å². The molecule has 2 aromatic heterocycles. The predicted octanol–water partition coefficient (Wildman–Crippen LogP) is 4.06. The van der Waals surface area contributed by atoms with Crippen LogP contribution in [-0.2, 0) is 21.2 Å². The zero-order chi connectivity index (χ0) is 23.6. The number of carbonyl (C=O) groups is 1. The number of hydrogen-bond donors (Lipinski definition) is 0. The van der Waals surface area contributed by atoms with Crippen LogP contribution in [0.15, 0.2) is 39.9 Å². The van der Waals surface area contributed by atoms with Crippen molar-refractivity contribution in [2.75, 3.05) is 38.6 Å². The molecule has 1 amide bonds. The van der Waals surface area contributed by atoms with E-state index in [1.165, 1.54) is 27.0 Å². The number of benzene rings is 1. The molecular formula is C23H30N4O3S3. The second-order valence-corrected chi connectivity index (χ2v) is 12.5. The highest BCUT2D eigenvalue weighted by molar-refractivity contribution is 7.91. The number of aryl methyl sites for hydroxylation is 1. The van der Waals surface area contributed by atoms with Gasteiger partial charge in [-0.2, -0.15) is 4.31 Å². The van der Waals surface area contributed by atoms with Gasteiger partial charge in [0.2, 0.25) is 5.91 Å². The van der Waals surface area contributed by atoms with Gasteiger partial charge in [-0.1, -0.05) is 42.9 Å². The molecule has 3 heterocycles. The molecule has 1 atom stereocenters. The normalized spacial score (nSPS) is 17.6. The fourth-order valence-corrected chi connectivity index (χ4v) is 7.96. The third-order valence-electron chi connectivity index (χ3n) is 5.94. The number of para-hydroxylation sites is 1. The van der Waals surface area contributed by atoms with E-state index in [1.807, 2.05) is 31.1 Å². The monoisotopic (exact) mass is 506 g/mol. The van der Waals surface area contributed by atoms with Crippen molar-refractivity contribution in [3.05, 3.63) is 41.3 Å². The van der Waals surface area contributed by atoms with Crippen LogP contribution in [-0.4, -0.2) is 68.3 Å². The lowest BCUT2D eigenvalue weighted by molar-refractivity contribution is -0.123. The molecule has 0 bridgehead atoms. The average Bonchev–Trinajstić information content (AvgIpc) is 3.49. The van der Waals surface area contributed by atoms with E-state index in [4.69, 9.17) is 4.98 Å². The summed E-state index contributed by atoms with van der Waals surface area (Å²) < 4.78 is 29.5. The number of thiophene rings is 1. The number of anilines is 1. The van der Waals surface area contributed by atoms with Gasteiger partial charge in [0.25, 0.3) is 10.0 Å². The summed E-state index contributed by atoms with van der Waals surface area (Å²) in [6.07, 6.45) is 2.97. The van der Waals surface area contributed by atoms with Crippen molar-refractivity contribution in [3.63, 3.8) is 0 Å². The molecule has 0 spiro atoms. The van der Waals surface area contributed by atoms with Crippen LogP contribution < -0.4 is 4.90 Å². The van der Waals surface area contributed by atoms with E-state index >= 15 is 0 Å². The SMILES string of the molecule is CCc1cccc2sc(N(CCN(C)C)C(=O)C3CCCCN3S(=O)(=O)c3cccs3)nc12. The maximum absolute atomic E-state index is 13.9. The van der Waals surface area contributed by atoms with E-state index in [1.54, 1.807) is 22.4 Å². The highest BCUT2D eigenvalue weighted by Gasteiger charge is 2.40. The minimum Gasteiger partial charge on any atom is -0.308 e. The van der Waals surface area contributed by atoms with E-state index in [0.29, 0.717) is 31.2 Å². The van der Waals surface area contributed by atoms with Crippen LogP contribution in [0.1, 0.15) is 31.7 Å². The summed E-state index contributed by atoms with van der Waals surface area (Å²) in [6.45, 7) is 3.57. The van der Waals surface area contributed by atoms with Gasteiger partial charge in [0.1, 0.15) is 10.3 Å². The van der Waals surface area contributed by atoms with Crippen molar-refractivity contribution < 1.29 is 13.2 Å². The molecule has 7 nitrogen and oxygen atoms in total. The largest absolute Gasteiger partial charge is 0.308 e. The first kappa shape index (κ1) is 24.3. The van der Waals surface area contributed by atoms with Gasteiger partial charge in [-0.3, -0.25) is 9.69 Å². The minimum atomic E-state index is -3.72. The number of piperidine rings is 1. The Bertz CT molecular complexity index is 1210. The molecule has 178 valence electrons. The topological polar surface area (TPSA) is 73.8 Å². The summed E-state index contributed by atoms with van der Waals surface area (Å²) in [7, 11) is 0.207. The third kappa shape index (κ3) is 5.00. The molecule has 1 aliphatic heterocycles. The van der Waals surface area contributed by atoms with Crippen LogP contribution in [0.3, 0.4) is 0 Å². The zero-order valence-corrected chi connectivity index (χ0v) is 21.7. The molecule has 0 radical (unpaired) electrons. The summed E-state index contributed by atoms with van der Waals surface area (Å²) in [6, 6.07) is 8.73. The first-order valence-corrected chi connectivity index (χ1v) is 14.4. The Hall–Kier alpha value is -1.85. The van der Waals surface area contributed by atoms with Crippen molar-refractivity contribution in [1.29, 1.82) is 0 Å². The Morgan fingerprint density at radius 3 is 2.70 bits per heavy atom. The number of likely N-dealkylation sites (N-methyl/N-ethyl adjacent to an activating group) is 1. The number of rotatable bonds is 8. The smallest absolute Gasteiger partial charge is 0.253 e. The molecule has 1 fully saturated rings. The van der Waals surface area contributed by atoms with Gasteiger partial charge in [0, 0.05) is 19.6 Å². The van der Waals surface area contributed by atoms with Crippen molar-refractivity contribution in [2.24, 2.45) is 0 Å². The number of aromatic nitrogens is 1. The lowest BCUT2D eigenvalue weighted by Crippen LogP contribution is -2.53. The molecule has 0 N–H and O–H groups in total. The molecule has 0 aliphatic carbocycles. The lowest BCUT2D eigenvalue weighted by atomic mass is 10.0. The highest BCUT2D eigenvalue weighted by atomic mass is 32.2. The van der Waals surface area contributed by atoms with Crippen LogP contribution in [0.2, 0.25) is 0 Å². The number of carbonyl (C=O) groups excluding carboxylic acids is 1. The quantitative estimate of drug-likeness (QED) is 0.461. The van der Waals surface area contributed by atoms with Crippen molar-refractivity contribution >= 4 is 54.0 Å². The van der Waals surface area contributed by atoms with Gasteiger partial charge in [0.05, 0.1) is 10.2 Å². The fourth-order valence-electron chi connectivity index (χ4n) is 4.14. The minimum absolute atomic E-state index is 0.186. The molecule has 4 rings (SSSR count). The molecule has 10 heteroatoms. The molecule has 3 aromatic rings. The van der Waals surface area contributed by atoms with Crippen molar-refractivity contribution in [2.45, 2.75) is 42.9 Å². The molecule has 1 aromatic carbocycles. The third-order valence-corrected chi connectivity index (χ3v) is 10.3. The Morgan fingerprint density at radius 1 is 1.18 bits per heavy atom. The lowest BCUT2D eigenvalue weighted by Gasteiger charge is -2.36. The van der Waals surface area contributed by atoms with Gasteiger partial charge in [-0.15, -0.1) is 11.3 Å². The van der Waals surface area contributed by atoms with E-state index in [0.717, 1.165) is 35.0 Å². The van der Waals surface area contributed by atoms with E-state index < -0.39 is 16.1 Å². The van der Waals surface area contributed by atoms with E-state index in [9.17, 15) is 13.2 Å². The van der Waals surface area contributed by atoms with Crippen LogP contribution in [0.4, 0.5) is 5.13 Å². The first-order valence-electron chi connectivity index (χ1n) is 11.2. The van der Waals surface area contributed by atoms with Crippen LogP contribution in [0, 0.1) is 0 Å². The van der Waals surface area contributed by atoms with Crippen LogP contribution >= 0.6 is 22.7 Å². The summed E-state index contributed by atoms with van der Waals surface area (Å²) in [5, 5.41) is 2.39. The number of fused-ring (bicyclic) bond motifs is 1. The molecule has 1 aliphatic rings. The molecule has 1 unspecified atom stereocenters. The summed E-state index contributed by atoms with van der Waals surface area (Å²) >= 11 is 2.69. The second-order valence-electron chi connectivity index (χ2n) is 8.47. The standard InChI is InChI=1S/C23H30N4O3S3/c1-4-17-9-7-11-19-21(17)24-23(32-19)26(15-14-25(2)3)22(28)18-10-5-6-13-27(18)33(29,30)20-12-8-16-31-20/h7-9,11-12,16,18H,4-6,10,13-15H2,1-3H3. The molecule has 33 heavy (non-hydrogen) atoms. The second kappa shape index (κ2) is 10.2. The zero-order valence-electron chi connectivity index (χ0n) is 19.2. The predicted molar refractivity (Wildman–Crippen MR) is 136 cm³/mol. The van der Waals surface area contributed by atoms with Gasteiger partial charge >= 0.3 is 0 Å². The van der Waals surface area contributed by atoms with E-state index in [-0.39, 0.29) is 10.1 Å². The summed E-state index contributed by atoms with van der Waals surface area (Å²) in [4.78, 5) is 22.5. The number of sulfonamides is 1. The number of amides is 1. The molecular weight excluding hydrogens is 476 g/mol. The summed E-state index contributed by atoms with van der Waals surface area (Å²) in [5.41, 5.74) is 2.07.